The van der Waals surface area contributed by atoms with Crippen LogP contribution >= 0.6 is 0 Å². The molecule has 0 atom stereocenters. The molecule has 5 nitrogen and oxygen atoms in total. The van der Waals surface area contributed by atoms with Crippen molar-refractivity contribution in [2.45, 2.75) is 33.0 Å². The SMILES string of the molecule is CC(C)NCc1c(Cn2cncn2)oc2ccccc12. The highest BCUT2D eigenvalue weighted by atomic mass is 16.3. The van der Waals surface area contributed by atoms with E-state index in [2.05, 4.69) is 35.3 Å². The Morgan fingerprint density at radius 2 is 2.15 bits per heavy atom. The van der Waals surface area contributed by atoms with Crippen molar-refractivity contribution < 1.29 is 4.42 Å². The molecular formula is C15H18N4O. The van der Waals surface area contributed by atoms with Gasteiger partial charge in [-0.15, -0.1) is 0 Å². The lowest BCUT2D eigenvalue weighted by molar-refractivity contribution is 0.494. The van der Waals surface area contributed by atoms with Crippen molar-refractivity contribution >= 4 is 11.0 Å². The minimum atomic E-state index is 0.433. The summed E-state index contributed by atoms with van der Waals surface area (Å²) in [5.74, 6) is 0.935. The number of benzene rings is 1. The quantitative estimate of drug-likeness (QED) is 0.774. The number of hydrogen-bond acceptors (Lipinski definition) is 4. The van der Waals surface area contributed by atoms with Crippen LogP contribution < -0.4 is 5.32 Å². The van der Waals surface area contributed by atoms with Gasteiger partial charge in [0.15, 0.2) is 0 Å². The Kier molecular flexibility index (Phi) is 3.52. The molecule has 2 aromatic heterocycles. The molecule has 0 aliphatic heterocycles. The summed E-state index contributed by atoms with van der Waals surface area (Å²) in [6, 6.07) is 8.56. The maximum atomic E-state index is 5.98. The van der Waals surface area contributed by atoms with Crippen molar-refractivity contribution in [1.82, 2.24) is 20.1 Å². The van der Waals surface area contributed by atoms with Gasteiger partial charge in [0.25, 0.3) is 0 Å². The smallest absolute Gasteiger partial charge is 0.137 e. The van der Waals surface area contributed by atoms with Gasteiger partial charge in [-0.3, -0.25) is 0 Å². The summed E-state index contributed by atoms with van der Waals surface area (Å²) in [5, 5.41) is 8.76. The first kappa shape index (κ1) is 12.9. The Morgan fingerprint density at radius 1 is 1.30 bits per heavy atom. The summed E-state index contributed by atoms with van der Waals surface area (Å²) in [7, 11) is 0. The standard InChI is InChI=1S/C15H18N4O/c1-11(2)17-7-13-12-5-3-4-6-14(12)20-15(13)8-19-10-16-9-18-19/h3-6,9-11,17H,7-8H2,1-2H3. The zero-order valence-electron chi connectivity index (χ0n) is 11.7. The van der Waals surface area contributed by atoms with Crippen LogP contribution in [-0.2, 0) is 13.1 Å². The lowest BCUT2D eigenvalue weighted by Crippen LogP contribution is -2.22. The van der Waals surface area contributed by atoms with Crippen molar-refractivity contribution in [3.8, 4) is 0 Å². The number of rotatable bonds is 5. The van der Waals surface area contributed by atoms with E-state index in [4.69, 9.17) is 4.42 Å². The molecule has 0 radical (unpaired) electrons. The molecule has 3 rings (SSSR count). The van der Waals surface area contributed by atoms with Gasteiger partial charge >= 0.3 is 0 Å². The summed E-state index contributed by atoms with van der Waals surface area (Å²) in [6.45, 7) is 5.67. The summed E-state index contributed by atoms with van der Waals surface area (Å²) < 4.78 is 7.75. The third-order valence-corrected chi connectivity index (χ3v) is 3.24. The molecule has 0 aliphatic rings. The number of para-hydroxylation sites is 1. The fraction of sp³-hybridized carbons (Fsp3) is 0.333. The highest BCUT2D eigenvalue weighted by molar-refractivity contribution is 5.82. The lowest BCUT2D eigenvalue weighted by Gasteiger charge is -2.08. The van der Waals surface area contributed by atoms with Crippen LogP contribution in [0.25, 0.3) is 11.0 Å². The molecule has 2 heterocycles. The molecule has 0 saturated carbocycles. The van der Waals surface area contributed by atoms with Crippen molar-refractivity contribution in [2.24, 2.45) is 0 Å². The van der Waals surface area contributed by atoms with E-state index in [-0.39, 0.29) is 0 Å². The number of furan rings is 1. The first-order valence-electron chi connectivity index (χ1n) is 6.79. The van der Waals surface area contributed by atoms with Crippen molar-refractivity contribution in [1.29, 1.82) is 0 Å². The van der Waals surface area contributed by atoms with E-state index in [1.807, 2.05) is 18.2 Å². The van der Waals surface area contributed by atoms with Crippen LogP contribution in [0.1, 0.15) is 25.2 Å². The molecule has 1 N–H and O–H groups in total. The normalized spacial score (nSPS) is 11.6. The van der Waals surface area contributed by atoms with Crippen LogP contribution in [-0.4, -0.2) is 20.8 Å². The Labute approximate surface area is 117 Å². The zero-order chi connectivity index (χ0) is 13.9. The van der Waals surface area contributed by atoms with Crippen LogP contribution in [0.4, 0.5) is 0 Å². The average Bonchev–Trinajstić information content (AvgIpc) is 3.04. The molecule has 0 saturated heterocycles. The van der Waals surface area contributed by atoms with E-state index in [0.717, 1.165) is 23.3 Å². The lowest BCUT2D eigenvalue weighted by atomic mass is 10.1. The fourth-order valence-electron chi connectivity index (χ4n) is 2.24. The number of nitrogens with one attached hydrogen (secondary N) is 1. The molecule has 0 unspecified atom stereocenters. The first-order valence-corrected chi connectivity index (χ1v) is 6.79. The van der Waals surface area contributed by atoms with Gasteiger partial charge in [-0.1, -0.05) is 32.0 Å². The molecule has 0 aliphatic carbocycles. The molecule has 104 valence electrons. The maximum Gasteiger partial charge on any atom is 0.137 e. The summed E-state index contributed by atoms with van der Waals surface area (Å²) >= 11 is 0. The Hall–Kier alpha value is -2.14. The van der Waals surface area contributed by atoms with Crippen molar-refractivity contribution in [3.05, 3.63) is 48.2 Å². The van der Waals surface area contributed by atoms with E-state index in [9.17, 15) is 0 Å². The van der Waals surface area contributed by atoms with Crippen LogP contribution in [0.5, 0.6) is 0 Å². The van der Waals surface area contributed by atoms with Gasteiger partial charge in [0.05, 0.1) is 0 Å². The number of aromatic nitrogens is 3. The third-order valence-electron chi connectivity index (χ3n) is 3.24. The van der Waals surface area contributed by atoms with E-state index in [1.54, 1.807) is 11.0 Å². The maximum absolute atomic E-state index is 5.98. The number of fused-ring (bicyclic) bond motifs is 1. The fourth-order valence-corrected chi connectivity index (χ4v) is 2.24. The van der Waals surface area contributed by atoms with Crippen molar-refractivity contribution in [3.63, 3.8) is 0 Å². The highest BCUT2D eigenvalue weighted by Crippen LogP contribution is 2.26. The number of hydrogen-bond donors (Lipinski definition) is 1. The topological polar surface area (TPSA) is 55.9 Å². The molecule has 20 heavy (non-hydrogen) atoms. The summed E-state index contributed by atoms with van der Waals surface area (Å²) in [6.07, 6.45) is 3.24. The second-order valence-corrected chi connectivity index (χ2v) is 5.13. The Balaban J connectivity index is 1.98. The van der Waals surface area contributed by atoms with Gasteiger partial charge in [-0.25, -0.2) is 9.67 Å². The Bertz CT molecular complexity index is 685. The van der Waals surface area contributed by atoms with Gasteiger partial charge in [0.2, 0.25) is 0 Å². The predicted octanol–water partition coefficient (Wildman–Crippen LogP) is 2.57. The minimum Gasteiger partial charge on any atom is -0.459 e. The van der Waals surface area contributed by atoms with Gasteiger partial charge in [0, 0.05) is 23.5 Å². The predicted molar refractivity (Wildman–Crippen MR) is 77.3 cm³/mol. The van der Waals surface area contributed by atoms with E-state index < -0.39 is 0 Å². The largest absolute Gasteiger partial charge is 0.459 e. The average molecular weight is 270 g/mol. The van der Waals surface area contributed by atoms with E-state index in [0.29, 0.717) is 12.6 Å². The third kappa shape index (κ3) is 2.58. The molecule has 5 heteroatoms. The highest BCUT2D eigenvalue weighted by Gasteiger charge is 2.14. The zero-order valence-corrected chi connectivity index (χ0v) is 11.7. The van der Waals surface area contributed by atoms with Crippen LogP contribution in [0.2, 0.25) is 0 Å². The van der Waals surface area contributed by atoms with Gasteiger partial charge < -0.3 is 9.73 Å². The molecular weight excluding hydrogens is 252 g/mol. The summed E-state index contributed by atoms with van der Waals surface area (Å²) in [5.41, 5.74) is 2.12. The van der Waals surface area contributed by atoms with Crippen LogP contribution in [0.3, 0.4) is 0 Å². The second kappa shape index (κ2) is 5.46. The molecule has 1 aromatic carbocycles. The summed E-state index contributed by atoms with van der Waals surface area (Å²) in [4.78, 5) is 3.97. The van der Waals surface area contributed by atoms with Crippen LogP contribution in [0.15, 0.2) is 41.3 Å². The molecule has 0 bridgehead atoms. The second-order valence-electron chi connectivity index (χ2n) is 5.13. The van der Waals surface area contributed by atoms with Gasteiger partial charge in [0.1, 0.15) is 30.5 Å². The van der Waals surface area contributed by atoms with Gasteiger partial charge in [-0.05, 0) is 6.07 Å². The molecule has 0 amide bonds. The Morgan fingerprint density at radius 3 is 2.90 bits per heavy atom. The first-order chi connectivity index (χ1) is 9.74. The molecule has 0 fully saturated rings. The monoisotopic (exact) mass is 270 g/mol. The number of nitrogens with zero attached hydrogens (tertiary/aromatic N) is 3. The van der Waals surface area contributed by atoms with E-state index in [1.165, 1.54) is 11.9 Å². The van der Waals surface area contributed by atoms with E-state index >= 15 is 0 Å². The minimum absolute atomic E-state index is 0.433. The van der Waals surface area contributed by atoms with Crippen molar-refractivity contribution in [2.75, 3.05) is 0 Å². The molecule has 0 spiro atoms. The molecule has 3 aromatic rings. The van der Waals surface area contributed by atoms with Gasteiger partial charge in [-0.2, -0.15) is 5.10 Å². The van der Waals surface area contributed by atoms with Crippen LogP contribution in [0, 0.1) is 0 Å².